The summed E-state index contributed by atoms with van der Waals surface area (Å²) in [6.45, 7) is 0.757. The van der Waals surface area contributed by atoms with Gasteiger partial charge in [0.05, 0.1) is 44.8 Å². The number of nitrogens with one attached hydrogen (secondary N) is 2. The SMILES string of the molecule is Cc1ncncc1-c1ccc2c(=O)n(-c3ccc(Cl)c4c(NS(C)(=O)=O)nn(C)c34)c([C@H](Cc3cc(F)cc(F)c3)NC(=O)Cn3nc(C(F)F)c4c3C(F)(F)[C@@H]3C[C@H]43)nc2c1. The van der Waals surface area contributed by atoms with Crippen LogP contribution in [0.2, 0.25) is 5.02 Å². The minimum atomic E-state index is -3.91. The molecule has 1 amide bonds. The molecule has 7 aromatic rings. The van der Waals surface area contributed by atoms with Gasteiger partial charge in [-0.1, -0.05) is 17.7 Å². The fourth-order valence-corrected chi connectivity index (χ4v) is 9.16. The summed E-state index contributed by atoms with van der Waals surface area (Å²) in [6, 6.07) is 8.56. The molecule has 4 aromatic heterocycles. The van der Waals surface area contributed by atoms with Gasteiger partial charge in [-0.2, -0.15) is 19.0 Å². The zero-order valence-electron chi connectivity index (χ0n) is 32.5. The Kier molecular flexibility index (Phi) is 9.69. The van der Waals surface area contributed by atoms with Gasteiger partial charge in [-0.15, -0.1) is 0 Å². The van der Waals surface area contributed by atoms with E-state index >= 15 is 13.6 Å². The van der Waals surface area contributed by atoms with Crippen LogP contribution in [0.25, 0.3) is 38.6 Å². The Balaban J connectivity index is 1.26. The average molecular weight is 897 g/mol. The summed E-state index contributed by atoms with van der Waals surface area (Å²) in [4.78, 5) is 42.4. The lowest BCUT2D eigenvalue weighted by atomic mass is 10.0. The first-order chi connectivity index (χ1) is 29.3. The zero-order valence-corrected chi connectivity index (χ0v) is 34.0. The molecule has 62 heavy (non-hydrogen) atoms. The van der Waals surface area contributed by atoms with Gasteiger partial charge in [-0.05, 0) is 66.8 Å². The third-order valence-electron chi connectivity index (χ3n) is 11.0. The molecule has 0 unspecified atom stereocenters. The van der Waals surface area contributed by atoms with Crippen LogP contribution < -0.4 is 15.6 Å². The number of fused-ring (bicyclic) bond motifs is 5. The number of nitrogens with zero attached hydrogens (tertiary/aromatic N) is 8. The van der Waals surface area contributed by atoms with Crippen LogP contribution >= 0.6 is 11.6 Å². The highest BCUT2D eigenvalue weighted by atomic mass is 35.5. The van der Waals surface area contributed by atoms with Crippen molar-refractivity contribution >= 4 is 55.2 Å². The number of amides is 1. The lowest BCUT2D eigenvalue weighted by Gasteiger charge is -2.24. The highest BCUT2D eigenvalue weighted by Crippen LogP contribution is 2.68. The number of carbonyl (C=O) groups is 1. The molecule has 320 valence electrons. The van der Waals surface area contributed by atoms with E-state index in [2.05, 4.69) is 30.2 Å². The molecule has 3 aromatic carbocycles. The highest BCUT2D eigenvalue weighted by molar-refractivity contribution is 7.92. The van der Waals surface area contributed by atoms with Gasteiger partial charge in [-0.3, -0.25) is 28.2 Å². The molecule has 2 N–H and O–H groups in total. The van der Waals surface area contributed by atoms with Crippen molar-refractivity contribution in [3.05, 3.63) is 122 Å². The van der Waals surface area contributed by atoms with Crippen molar-refractivity contribution in [3.8, 4) is 16.8 Å². The smallest absolute Gasteiger partial charge is 0.293 e. The Hall–Kier alpha value is -6.35. The second kappa shape index (κ2) is 14.6. The second-order valence-corrected chi connectivity index (χ2v) is 17.4. The van der Waals surface area contributed by atoms with E-state index < -0.39 is 87.7 Å². The summed E-state index contributed by atoms with van der Waals surface area (Å²) in [7, 11) is -2.46. The summed E-state index contributed by atoms with van der Waals surface area (Å²) in [5, 5.41) is 10.9. The van der Waals surface area contributed by atoms with E-state index in [1.807, 2.05) is 0 Å². The van der Waals surface area contributed by atoms with Crippen LogP contribution in [-0.2, 0) is 40.8 Å². The predicted octanol–water partition coefficient (Wildman–Crippen LogP) is 6.78. The topological polar surface area (TPSA) is 172 Å². The summed E-state index contributed by atoms with van der Waals surface area (Å²) < 4.78 is 119. The van der Waals surface area contributed by atoms with Gasteiger partial charge < -0.3 is 5.32 Å². The first-order valence-corrected chi connectivity index (χ1v) is 21.1. The van der Waals surface area contributed by atoms with Crippen molar-refractivity contribution in [2.24, 2.45) is 13.0 Å². The lowest BCUT2D eigenvalue weighted by molar-refractivity contribution is -0.123. The zero-order chi connectivity index (χ0) is 44.2. The Bertz CT molecular complexity index is 3190. The second-order valence-electron chi connectivity index (χ2n) is 15.3. The Labute approximate surface area is 351 Å². The van der Waals surface area contributed by atoms with Crippen molar-refractivity contribution in [1.82, 2.24) is 44.4 Å². The molecule has 1 saturated carbocycles. The van der Waals surface area contributed by atoms with Crippen LogP contribution in [0, 0.1) is 24.5 Å². The van der Waals surface area contributed by atoms with Crippen LogP contribution in [0.5, 0.6) is 0 Å². The molecular formula is C40H31ClF6N10O4S. The third kappa shape index (κ3) is 7.01. The van der Waals surface area contributed by atoms with Crippen molar-refractivity contribution in [1.29, 1.82) is 0 Å². The predicted molar refractivity (Wildman–Crippen MR) is 214 cm³/mol. The van der Waals surface area contributed by atoms with E-state index in [9.17, 15) is 30.8 Å². The molecule has 0 radical (unpaired) electrons. The van der Waals surface area contributed by atoms with Crippen LogP contribution in [0.3, 0.4) is 0 Å². The van der Waals surface area contributed by atoms with Crippen LogP contribution in [0.1, 0.15) is 58.8 Å². The van der Waals surface area contributed by atoms with E-state index in [1.165, 1.54) is 36.3 Å². The summed E-state index contributed by atoms with van der Waals surface area (Å²) in [6.07, 6.45) is 0.134. The number of hydrogen-bond acceptors (Lipinski definition) is 9. The quantitative estimate of drug-likeness (QED) is 0.133. The number of rotatable bonds is 11. The van der Waals surface area contributed by atoms with E-state index in [4.69, 9.17) is 16.6 Å². The molecule has 3 atom stereocenters. The van der Waals surface area contributed by atoms with Gasteiger partial charge in [0, 0.05) is 48.5 Å². The Morgan fingerprint density at radius 2 is 1.81 bits per heavy atom. The number of aryl methyl sites for hydroxylation is 2. The fourth-order valence-electron chi connectivity index (χ4n) is 8.42. The van der Waals surface area contributed by atoms with Crippen LogP contribution in [-0.4, -0.2) is 59.7 Å². The van der Waals surface area contributed by atoms with Gasteiger partial charge in [0.15, 0.2) is 5.82 Å². The molecule has 0 saturated heterocycles. The molecule has 2 aliphatic rings. The molecule has 0 bridgehead atoms. The molecule has 14 nitrogen and oxygen atoms in total. The van der Waals surface area contributed by atoms with Crippen LogP contribution in [0.15, 0.2) is 65.8 Å². The first kappa shape index (κ1) is 41.0. The van der Waals surface area contributed by atoms with Crippen molar-refractivity contribution in [3.63, 3.8) is 0 Å². The monoisotopic (exact) mass is 896 g/mol. The lowest BCUT2D eigenvalue weighted by Crippen LogP contribution is -2.38. The maximum Gasteiger partial charge on any atom is 0.293 e. The van der Waals surface area contributed by atoms with E-state index in [0.29, 0.717) is 27.6 Å². The summed E-state index contributed by atoms with van der Waals surface area (Å²) in [5.41, 5.74) is -0.790. The van der Waals surface area contributed by atoms with Gasteiger partial charge in [0.1, 0.15) is 41.7 Å². The van der Waals surface area contributed by atoms with E-state index in [-0.39, 0.29) is 61.7 Å². The number of benzene rings is 3. The Morgan fingerprint density at radius 1 is 1.06 bits per heavy atom. The van der Waals surface area contributed by atoms with Crippen LogP contribution in [0.4, 0.5) is 32.2 Å². The van der Waals surface area contributed by atoms with Gasteiger partial charge in [0.25, 0.3) is 17.9 Å². The van der Waals surface area contributed by atoms with Gasteiger partial charge in [-0.25, -0.2) is 40.9 Å². The maximum atomic E-state index is 15.5. The molecule has 1 fully saturated rings. The van der Waals surface area contributed by atoms with Crippen molar-refractivity contribution in [2.75, 3.05) is 11.0 Å². The number of hydrogen-bond donors (Lipinski definition) is 2. The number of sulfonamides is 1. The maximum absolute atomic E-state index is 15.5. The van der Waals surface area contributed by atoms with Crippen molar-refractivity contribution in [2.45, 2.75) is 50.6 Å². The molecule has 9 rings (SSSR count). The molecule has 2 aliphatic carbocycles. The normalized spacial score (nSPS) is 17.1. The summed E-state index contributed by atoms with van der Waals surface area (Å²) >= 11 is 6.63. The average Bonchev–Trinajstić information content (AvgIpc) is 3.73. The van der Waals surface area contributed by atoms with Crippen molar-refractivity contribution < 1.29 is 39.6 Å². The van der Waals surface area contributed by atoms with E-state index in [0.717, 1.165) is 23.0 Å². The molecule has 0 spiro atoms. The van der Waals surface area contributed by atoms with E-state index in [1.54, 1.807) is 25.3 Å². The molecule has 22 heteroatoms. The molecular weight excluding hydrogens is 866 g/mol. The summed E-state index contributed by atoms with van der Waals surface area (Å²) in [5.74, 6) is -9.04. The Morgan fingerprint density at radius 3 is 2.50 bits per heavy atom. The standard InChI is InChI=1S/C40H31ClF6N10O4S/c1-17-24(14-48-16-49-17)19-4-5-22-27(11-19)51-38(57(39(22)59)29-7-6-26(41)32-34(29)55(2)53-37(32)54-62(3,60)61)28(10-18-8-20(42)12-21(43)9-18)50-30(58)15-56-35-31(33(52-56)36(44)45)23-13-25(23)40(35,46)47/h4-9,11-12,14,16,23,25,28,36H,10,13,15H2,1-3H3,(H,50,58)(H,53,54)/t23-,25+,28-/m0/s1. The minimum Gasteiger partial charge on any atom is -0.344 e. The third-order valence-corrected chi connectivity index (χ3v) is 11.9. The minimum absolute atomic E-state index is 0.00589. The van der Waals surface area contributed by atoms with Gasteiger partial charge in [0.2, 0.25) is 15.9 Å². The first-order valence-electron chi connectivity index (χ1n) is 18.8. The number of alkyl halides is 4. The number of anilines is 1. The van der Waals surface area contributed by atoms with Gasteiger partial charge >= 0.3 is 0 Å². The largest absolute Gasteiger partial charge is 0.344 e. The molecule has 0 aliphatic heterocycles. The number of carbonyl (C=O) groups excluding carboxylic acids is 1. The number of halogens is 7. The molecule has 4 heterocycles. The number of aromatic nitrogens is 8. The fraction of sp³-hybridized carbons (Fsp3) is 0.275. The highest BCUT2D eigenvalue weighted by Gasteiger charge is 2.67.